The summed E-state index contributed by atoms with van der Waals surface area (Å²) in [5, 5.41) is 3.40. The molecular weight excluding hydrogens is 260 g/mol. The molecule has 0 bridgehead atoms. The van der Waals surface area contributed by atoms with Gasteiger partial charge in [-0.15, -0.1) is 0 Å². The van der Waals surface area contributed by atoms with Gasteiger partial charge in [-0.25, -0.2) is 0 Å². The topological polar surface area (TPSA) is 24.5 Å². The number of hydrogen-bond acceptors (Lipinski definition) is 3. The Balaban J connectivity index is 1.66. The van der Waals surface area contributed by atoms with Crippen LogP contribution in [0.15, 0.2) is 54.6 Å². The monoisotopic (exact) mass is 282 g/mol. The first kappa shape index (κ1) is 14.1. The van der Waals surface area contributed by atoms with Gasteiger partial charge in [0.05, 0.1) is 0 Å². The average molecular weight is 282 g/mol. The molecule has 0 aliphatic carbocycles. The summed E-state index contributed by atoms with van der Waals surface area (Å²) in [5.74, 6) is 1.76. The lowest BCUT2D eigenvalue weighted by atomic mass is 10.1. The van der Waals surface area contributed by atoms with E-state index in [0.717, 1.165) is 37.7 Å². The molecule has 0 saturated carbocycles. The Morgan fingerprint density at radius 2 is 1.52 bits per heavy atom. The summed E-state index contributed by atoms with van der Waals surface area (Å²) >= 11 is 0. The molecule has 3 heteroatoms. The molecule has 21 heavy (non-hydrogen) atoms. The minimum absolute atomic E-state index is 0.456. The fourth-order valence-corrected chi connectivity index (χ4v) is 2.72. The van der Waals surface area contributed by atoms with Crippen molar-refractivity contribution >= 4 is 0 Å². The second-order valence-corrected chi connectivity index (χ2v) is 5.45. The van der Waals surface area contributed by atoms with Crippen LogP contribution in [0, 0.1) is 0 Å². The number of hydrogen-bond donors (Lipinski definition) is 1. The lowest BCUT2D eigenvalue weighted by Gasteiger charge is -2.33. The van der Waals surface area contributed by atoms with E-state index in [9.17, 15) is 0 Å². The van der Waals surface area contributed by atoms with Crippen LogP contribution < -0.4 is 10.1 Å². The van der Waals surface area contributed by atoms with Gasteiger partial charge in [0.15, 0.2) is 0 Å². The van der Waals surface area contributed by atoms with Gasteiger partial charge in [0.2, 0.25) is 0 Å². The first-order valence-electron chi connectivity index (χ1n) is 7.60. The van der Waals surface area contributed by atoms with E-state index in [0.29, 0.717) is 6.04 Å². The summed E-state index contributed by atoms with van der Waals surface area (Å²) in [7, 11) is 0. The molecule has 1 atom stereocenters. The zero-order chi connectivity index (χ0) is 14.5. The van der Waals surface area contributed by atoms with Gasteiger partial charge in [0.1, 0.15) is 11.5 Å². The van der Waals surface area contributed by atoms with Crippen LogP contribution in [0.3, 0.4) is 0 Å². The number of benzene rings is 2. The summed E-state index contributed by atoms with van der Waals surface area (Å²) < 4.78 is 5.83. The van der Waals surface area contributed by atoms with Crippen molar-refractivity contribution in [2.75, 3.05) is 26.2 Å². The van der Waals surface area contributed by atoms with Crippen LogP contribution in [-0.2, 0) is 0 Å². The zero-order valence-corrected chi connectivity index (χ0v) is 12.5. The highest BCUT2D eigenvalue weighted by atomic mass is 16.5. The van der Waals surface area contributed by atoms with Crippen LogP contribution >= 0.6 is 0 Å². The van der Waals surface area contributed by atoms with E-state index in [1.165, 1.54) is 5.56 Å². The van der Waals surface area contributed by atoms with Gasteiger partial charge < -0.3 is 10.1 Å². The van der Waals surface area contributed by atoms with Crippen LogP contribution in [0.1, 0.15) is 18.5 Å². The van der Waals surface area contributed by atoms with Gasteiger partial charge in [-0.3, -0.25) is 4.90 Å². The number of piperazine rings is 1. The summed E-state index contributed by atoms with van der Waals surface area (Å²) in [6, 6.07) is 18.8. The molecule has 1 aliphatic heterocycles. The lowest BCUT2D eigenvalue weighted by molar-refractivity contribution is 0.185. The van der Waals surface area contributed by atoms with Crippen molar-refractivity contribution in [3.05, 3.63) is 60.2 Å². The van der Waals surface area contributed by atoms with Crippen molar-refractivity contribution in [2.24, 2.45) is 0 Å². The highest BCUT2D eigenvalue weighted by Crippen LogP contribution is 2.25. The van der Waals surface area contributed by atoms with E-state index in [-0.39, 0.29) is 0 Å². The van der Waals surface area contributed by atoms with E-state index in [1.807, 2.05) is 30.3 Å². The van der Waals surface area contributed by atoms with Gasteiger partial charge in [-0.05, 0) is 36.8 Å². The summed E-state index contributed by atoms with van der Waals surface area (Å²) in [6.45, 7) is 6.67. The molecule has 2 aromatic carbocycles. The highest BCUT2D eigenvalue weighted by Gasteiger charge is 2.17. The third-order valence-corrected chi connectivity index (χ3v) is 4.04. The Morgan fingerprint density at radius 1 is 0.905 bits per heavy atom. The molecule has 0 aromatic heterocycles. The third-order valence-electron chi connectivity index (χ3n) is 4.04. The van der Waals surface area contributed by atoms with Gasteiger partial charge >= 0.3 is 0 Å². The minimum atomic E-state index is 0.456. The van der Waals surface area contributed by atoms with E-state index >= 15 is 0 Å². The molecule has 0 unspecified atom stereocenters. The van der Waals surface area contributed by atoms with Crippen LogP contribution in [0.5, 0.6) is 11.5 Å². The molecule has 110 valence electrons. The van der Waals surface area contributed by atoms with Crippen molar-refractivity contribution in [1.82, 2.24) is 10.2 Å². The first-order chi connectivity index (χ1) is 10.3. The second-order valence-electron chi connectivity index (χ2n) is 5.45. The predicted molar refractivity (Wildman–Crippen MR) is 85.8 cm³/mol. The normalized spacial score (nSPS) is 17.4. The molecule has 3 rings (SSSR count). The maximum Gasteiger partial charge on any atom is 0.127 e. The molecule has 0 spiro atoms. The zero-order valence-electron chi connectivity index (χ0n) is 12.5. The molecule has 1 aliphatic rings. The van der Waals surface area contributed by atoms with Crippen molar-refractivity contribution in [3.63, 3.8) is 0 Å². The first-order valence-corrected chi connectivity index (χ1v) is 7.60. The summed E-state index contributed by atoms with van der Waals surface area (Å²) in [5.41, 5.74) is 1.34. The van der Waals surface area contributed by atoms with Gasteiger partial charge in [0, 0.05) is 32.2 Å². The number of nitrogens with one attached hydrogen (secondary N) is 1. The van der Waals surface area contributed by atoms with E-state index in [4.69, 9.17) is 4.74 Å². The number of rotatable bonds is 4. The molecule has 1 fully saturated rings. The standard InChI is InChI=1S/C18H22N2O/c1-15(20-13-11-19-12-14-20)16-7-9-18(10-8-16)21-17-5-3-2-4-6-17/h2-10,15,19H,11-14H2,1H3/t15-/m1/s1. The largest absolute Gasteiger partial charge is 0.457 e. The van der Waals surface area contributed by atoms with Crippen molar-refractivity contribution in [1.29, 1.82) is 0 Å². The smallest absolute Gasteiger partial charge is 0.127 e. The van der Waals surface area contributed by atoms with Gasteiger partial charge in [-0.1, -0.05) is 30.3 Å². The summed E-state index contributed by atoms with van der Waals surface area (Å²) in [4.78, 5) is 2.52. The number of para-hydroxylation sites is 1. The quantitative estimate of drug-likeness (QED) is 0.929. The fourth-order valence-electron chi connectivity index (χ4n) is 2.72. The third kappa shape index (κ3) is 3.63. The maximum atomic E-state index is 5.83. The highest BCUT2D eigenvalue weighted by molar-refractivity contribution is 5.33. The Bertz CT molecular complexity index is 547. The Hall–Kier alpha value is -1.84. The van der Waals surface area contributed by atoms with Crippen molar-refractivity contribution in [2.45, 2.75) is 13.0 Å². The van der Waals surface area contributed by atoms with Crippen LogP contribution in [0.2, 0.25) is 0 Å². The molecule has 0 amide bonds. The molecule has 2 aromatic rings. The minimum Gasteiger partial charge on any atom is -0.457 e. The van der Waals surface area contributed by atoms with E-state index < -0.39 is 0 Å². The number of nitrogens with zero attached hydrogens (tertiary/aromatic N) is 1. The summed E-state index contributed by atoms with van der Waals surface area (Å²) in [6.07, 6.45) is 0. The van der Waals surface area contributed by atoms with Crippen molar-refractivity contribution < 1.29 is 4.74 Å². The number of ether oxygens (including phenoxy) is 1. The Kier molecular flexibility index (Phi) is 4.53. The Morgan fingerprint density at radius 3 is 2.19 bits per heavy atom. The molecule has 0 radical (unpaired) electrons. The maximum absolute atomic E-state index is 5.83. The van der Waals surface area contributed by atoms with Crippen LogP contribution in [0.25, 0.3) is 0 Å². The van der Waals surface area contributed by atoms with Gasteiger partial charge in [-0.2, -0.15) is 0 Å². The van der Waals surface area contributed by atoms with E-state index in [1.54, 1.807) is 0 Å². The fraction of sp³-hybridized carbons (Fsp3) is 0.333. The van der Waals surface area contributed by atoms with Crippen molar-refractivity contribution in [3.8, 4) is 11.5 Å². The molecule has 1 heterocycles. The SMILES string of the molecule is C[C@H](c1ccc(Oc2ccccc2)cc1)N1CCNCC1. The van der Waals surface area contributed by atoms with Gasteiger partial charge in [0.25, 0.3) is 0 Å². The van der Waals surface area contributed by atoms with Crippen LogP contribution in [-0.4, -0.2) is 31.1 Å². The molecule has 1 saturated heterocycles. The Labute approximate surface area is 126 Å². The molecular formula is C18H22N2O. The lowest BCUT2D eigenvalue weighted by Crippen LogP contribution is -2.44. The van der Waals surface area contributed by atoms with Crippen LogP contribution in [0.4, 0.5) is 0 Å². The molecule has 1 N–H and O–H groups in total. The molecule has 3 nitrogen and oxygen atoms in total. The van der Waals surface area contributed by atoms with E-state index in [2.05, 4.69) is 41.4 Å². The average Bonchev–Trinajstić information content (AvgIpc) is 2.57. The predicted octanol–water partition coefficient (Wildman–Crippen LogP) is 3.45. The second kappa shape index (κ2) is 6.74.